The molecule has 5 nitrogen and oxygen atoms in total. The monoisotopic (exact) mass is 273 g/mol. The van der Waals surface area contributed by atoms with Crippen LogP contribution in [0, 0.1) is 0 Å². The Morgan fingerprint density at radius 1 is 1.30 bits per heavy atom. The zero-order chi connectivity index (χ0) is 14.4. The van der Waals surface area contributed by atoms with Gasteiger partial charge >= 0.3 is 0 Å². The molecule has 0 fully saturated rings. The zero-order valence-electron chi connectivity index (χ0n) is 11.8. The first-order valence-corrected chi connectivity index (χ1v) is 6.53. The van der Waals surface area contributed by atoms with Gasteiger partial charge in [0.2, 0.25) is 5.91 Å². The molecule has 0 saturated heterocycles. The fourth-order valence-corrected chi connectivity index (χ4v) is 1.96. The van der Waals surface area contributed by atoms with Crippen molar-refractivity contribution in [3.63, 3.8) is 0 Å². The van der Waals surface area contributed by atoms with Crippen molar-refractivity contribution in [1.82, 2.24) is 15.1 Å². The molecule has 1 heterocycles. The minimum Gasteiger partial charge on any atom is -0.497 e. The molecule has 0 spiro atoms. The van der Waals surface area contributed by atoms with Gasteiger partial charge < -0.3 is 9.64 Å². The van der Waals surface area contributed by atoms with E-state index in [0.29, 0.717) is 13.0 Å². The summed E-state index contributed by atoms with van der Waals surface area (Å²) >= 11 is 0. The van der Waals surface area contributed by atoms with Crippen LogP contribution in [0.25, 0.3) is 0 Å². The molecule has 1 aromatic carbocycles. The van der Waals surface area contributed by atoms with Crippen LogP contribution in [0.1, 0.15) is 17.5 Å². The van der Waals surface area contributed by atoms with E-state index >= 15 is 0 Å². The Morgan fingerprint density at radius 2 is 2.05 bits per heavy atom. The third kappa shape index (κ3) is 3.85. The molecule has 1 aromatic heterocycles. The maximum atomic E-state index is 12.0. The van der Waals surface area contributed by atoms with E-state index in [-0.39, 0.29) is 5.91 Å². The van der Waals surface area contributed by atoms with E-state index in [1.807, 2.05) is 31.3 Å². The van der Waals surface area contributed by atoms with E-state index in [1.165, 1.54) is 0 Å². The number of hydrogen-bond acceptors (Lipinski definition) is 3. The van der Waals surface area contributed by atoms with E-state index in [0.717, 1.165) is 23.3 Å². The van der Waals surface area contributed by atoms with E-state index in [1.54, 1.807) is 24.4 Å². The topological polar surface area (TPSA) is 58.2 Å². The van der Waals surface area contributed by atoms with E-state index in [4.69, 9.17) is 4.74 Å². The van der Waals surface area contributed by atoms with Crippen LogP contribution in [-0.4, -0.2) is 35.2 Å². The van der Waals surface area contributed by atoms with Gasteiger partial charge in [-0.3, -0.25) is 9.89 Å². The summed E-state index contributed by atoms with van der Waals surface area (Å²) in [6.45, 7) is 0.581. The molecule has 0 radical (unpaired) electrons. The number of amides is 1. The summed E-state index contributed by atoms with van der Waals surface area (Å²) in [6.07, 6.45) is 4.76. The average molecular weight is 273 g/mol. The Kier molecular flexibility index (Phi) is 4.76. The van der Waals surface area contributed by atoms with Gasteiger partial charge in [0.05, 0.1) is 13.3 Å². The van der Waals surface area contributed by atoms with Crippen molar-refractivity contribution in [2.24, 2.45) is 0 Å². The molecule has 1 amide bonds. The second-order valence-electron chi connectivity index (χ2n) is 4.70. The van der Waals surface area contributed by atoms with Gasteiger partial charge in [-0.15, -0.1) is 0 Å². The summed E-state index contributed by atoms with van der Waals surface area (Å²) in [5.74, 6) is 0.958. The van der Waals surface area contributed by atoms with Gasteiger partial charge in [-0.2, -0.15) is 5.10 Å². The summed E-state index contributed by atoms with van der Waals surface area (Å²) in [6, 6.07) is 7.80. The average Bonchev–Trinajstić information content (AvgIpc) is 2.98. The van der Waals surface area contributed by atoms with Gasteiger partial charge in [0.15, 0.2) is 0 Å². The normalized spacial score (nSPS) is 10.3. The van der Waals surface area contributed by atoms with Crippen molar-refractivity contribution in [3.8, 4) is 5.75 Å². The van der Waals surface area contributed by atoms with Crippen LogP contribution in [0.5, 0.6) is 5.75 Å². The molecule has 5 heteroatoms. The van der Waals surface area contributed by atoms with Gasteiger partial charge in [0.1, 0.15) is 5.75 Å². The molecule has 20 heavy (non-hydrogen) atoms. The number of nitrogens with zero attached hydrogens (tertiary/aromatic N) is 2. The lowest BCUT2D eigenvalue weighted by Gasteiger charge is -2.16. The van der Waals surface area contributed by atoms with Gasteiger partial charge in [-0.05, 0) is 24.1 Å². The number of H-pyrrole nitrogens is 1. The van der Waals surface area contributed by atoms with E-state index in [9.17, 15) is 4.79 Å². The summed E-state index contributed by atoms with van der Waals surface area (Å²) in [5, 5.41) is 6.61. The van der Waals surface area contributed by atoms with E-state index in [2.05, 4.69) is 10.2 Å². The zero-order valence-corrected chi connectivity index (χ0v) is 11.8. The highest BCUT2D eigenvalue weighted by Gasteiger charge is 2.10. The third-order valence-electron chi connectivity index (χ3n) is 3.19. The Morgan fingerprint density at radius 3 is 2.65 bits per heavy atom. The van der Waals surface area contributed by atoms with Crippen LogP contribution in [0.15, 0.2) is 36.7 Å². The molecule has 0 saturated carbocycles. The predicted octanol–water partition coefficient (Wildman–Crippen LogP) is 2.01. The molecule has 0 bridgehead atoms. The first-order valence-electron chi connectivity index (χ1n) is 6.53. The lowest BCUT2D eigenvalue weighted by Crippen LogP contribution is -2.26. The number of carbonyl (C=O) groups is 1. The van der Waals surface area contributed by atoms with Crippen LogP contribution < -0.4 is 4.74 Å². The number of carbonyl (C=O) groups excluding carboxylic acids is 1. The summed E-state index contributed by atoms with van der Waals surface area (Å²) < 4.78 is 5.11. The molecule has 1 N–H and O–H groups in total. The lowest BCUT2D eigenvalue weighted by molar-refractivity contribution is -0.130. The van der Waals surface area contributed by atoms with E-state index < -0.39 is 0 Å². The first-order chi connectivity index (χ1) is 9.69. The second-order valence-corrected chi connectivity index (χ2v) is 4.70. The van der Waals surface area contributed by atoms with Gasteiger partial charge in [-0.25, -0.2) is 0 Å². The van der Waals surface area contributed by atoms with Crippen LogP contribution in [0.2, 0.25) is 0 Å². The number of rotatable bonds is 6. The molecule has 2 aromatic rings. The summed E-state index contributed by atoms with van der Waals surface area (Å²) in [4.78, 5) is 13.8. The molecular weight excluding hydrogens is 254 g/mol. The predicted molar refractivity (Wildman–Crippen MR) is 76.4 cm³/mol. The van der Waals surface area contributed by atoms with Crippen molar-refractivity contribution in [1.29, 1.82) is 0 Å². The lowest BCUT2D eigenvalue weighted by atomic mass is 10.1. The maximum Gasteiger partial charge on any atom is 0.222 e. The molecule has 0 aliphatic carbocycles. The van der Waals surface area contributed by atoms with Crippen molar-refractivity contribution >= 4 is 5.91 Å². The quantitative estimate of drug-likeness (QED) is 0.876. The molecular formula is C15H19N3O2. The highest BCUT2D eigenvalue weighted by atomic mass is 16.5. The second kappa shape index (κ2) is 6.75. The molecule has 2 rings (SSSR count). The number of aryl methyl sites for hydroxylation is 1. The molecule has 106 valence electrons. The number of aromatic nitrogens is 2. The fourth-order valence-electron chi connectivity index (χ4n) is 1.96. The first kappa shape index (κ1) is 14.1. The molecule has 0 atom stereocenters. The Bertz CT molecular complexity index is 535. The van der Waals surface area contributed by atoms with Crippen LogP contribution in [-0.2, 0) is 17.8 Å². The standard InChI is InChI=1S/C15H19N3O2/c1-18(11-13-9-16-17-10-13)15(19)8-5-12-3-6-14(20-2)7-4-12/h3-4,6-7,9-10H,5,8,11H2,1-2H3,(H,16,17). The van der Waals surface area contributed by atoms with Crippen molar-refractivity contribution in [3.05, 3.63) is 47.8 Å². The number of nitrogens with one attached hydrogen (secondary N) is 1. The molecule has 0 unspecified atom stereocenters. The van der Waals surface area contributed by atoms with Crippen molar-refractivity contribution < 1.29 is 9.53 Å². The number of methoxy groups -OCH3 is 1. The summed E-state index contributed by atoms with van der Waals surface area (Å²) in [7, 11) is 3.45. The van der Waals surface area contributed by atoms with Gasteiger partial charge in [0, 0.05) is 31.8 Å². The molecule has 0 aliphatic heterocycles. The molecule has 0 aliphatic rings. The fraction of sp³-hybridized carbons (Fsp3) is 0.333. The van der Waals surface area contributed by atoms with Crippen LogP contribution >= 0.6 is 0 Å². The SMILES string of the molecule is COc1ccc(CCC(=O)N(C)Cc2cn[nH]c2)cc1. The highest BCUT2D eigenvalue weighted by Crippen LogP contribution is 2.13. The number of hydrogen-bond donors (Lipinski definition) is 1. The van der Waals surface area contributed by atoms with Crippen LogP contribution in [0.3, 0.4) is 0 Å². The van der Waals surface area contributed by atoms with Crippen molar-refractivity contribution in [2.45, 2.75) is 19.4 Å². The van der Waals surface area contributed by atoms with Crippen molar-refractivity contribution in [2.75, 3.05) is 14.2 Å². The largest absolute Gasteiger partial charge is 0.497 e. The minimum absolute atomic E-state index is 0.127. The Hall–Kier alpha value is -2.30. The van der Waals surface area contributed by atoms with Crippen LogP contribution in [0.4, 0.5) is 0 Å². The minimum atomic E-state index is 0.127. The number of ether oxygens (including phenoxy) is 1. The maximum absolute atomic E-state index is 12.0. The number of benzene rings is 1. The number of aromatic amines is 1. The Balaban J connectivity index is 1.81. The smallest absolute Gasteiger partial charge is 0.222 e. The van der Waals surface area contributed by atoms with Gasteiger partial charge in [0.25, 0.3) is 0 Å². The van der Waals surface area contributed by atoms with Gasteiger partial charge in [-0.1, -0.05) is 12.1 Å². The highest BCUT2D eigenvalue weighted by molar-refractivity contribution is 5.76. The Labute approximate surface area is 118 Å². The summed E-state index contributed by atoms with van der Waals surface area (Å²) in [5.41, 5.74) is 2.14. The third-order valence-corrected chi connectivity index (χ3v) is 3.19.